The normalized spacial score (nSPS) is 16.9. The molecule has 3 aromatic rings. The minimum absolute atomic E-state index is 0.00533. The van der Waals surface area contributed by atoms with Gasteiger partial charge in [0.1, 0.15) is 5.60 Å². The zero-order chi connectivity index (χ0) is 24.3. The Labute approximate surface area is 195 Å². The zero-order valence-corrected chi connectivity index (χ0v) is 20.6. The van der Waals surface area contributed by atoms with Crippen LogP contribution in [0.5, 0.6) is 0 Å². The molecule has 5 nitrogen and oxygen atoms in total. The number of carbonyl (C=O) groups is 2. The summed E-state index contributed by atoms with van der Waals surface area (Å²) >= 11 is 0. The van der Waals surface area contributed by atoms with E-state index in [-0.39, 0.29) is 16.4 Å². The summed E-state index contributed by atoms with van der Waals surface area (Å²) in [4.78, 5) is 24.7. The van der Waals surface area contributed by atoms with Gasteiger partial charge in [0, 0.05) is 5.39 Å². The van der Waals surface area contributed by atoms with E-state index in [0.29, 0.717) is 5.69 Å². The quantitative estimate of drug-likeness (QED) is 0.453. The first-order chi connectivity index (χ1) is 15.2. The second-order valence-electron chi connectivity index (χ2n) is 11.5. The van der Waals surface area contributed by atoms with Crippen LogP contribution < -0.4 is 0 Å². The third kappa shape index (κ3) is 4.17. The summed E-state index contributed by atoms with van der Waals surface area (Å²) in [6, 6.07) is 13.0. The van der Waals surface area contributed by atoms with E-state index >= 15 is 0 Å². The van der Waals surface area contributed by atoms with Gasteiger partial charge in [-0.1, -0.05) is 39.8 Å². The van der Waals surface area contributed by atoms with Crippen molar-refractivity contribution in [1.29, 1.82) is 0 Å². The number of carbonyl (C=O) groups excluding carboxylic acids is 1. The number of rotatable bonds is 2. The lowest BCUT2D eigenvalue weighted by Gasteiger charge is -2.42. The van der Waals surface area contributed by atoms with E-state index in [2.05, 4.69) is 39.8 Å². The van der Waals surface area contributed by atoms with Gasteiger partial charge in [-0.25, -0.2) is 14.2 Å². The van der Waals surface area contributed by atoms with E-state index in [4.69, 9.17) is 4.74 Å². The molecule has 1 aliphatic rings. The van der Waals surface area contributed by atoms with Crippen LogP contribution in [-0.2, 0) is 15.6 Å². The first kappa shape index (κ1) is 23.1. The first-order valence-corrected chi connectivity index (χ1v) is 11.5. The Bertz CT molecular complexity index is 1250. The number of nitrogens with zero attached hydrogens (tertiary/aromatic N) is 1. The third-order valence-electron chi connectivity index (χ3n) is 6.78. The SMILES string of the molecule is CC(C)(C)OC(=O)n1c(-c2ccc(C(=O)O)cc2)cc2cc3c(cc21)C(C)(C)CCC3(C)C. The van der Waals surface area contributed by atoms with Crippen LogP contribution in [-0.4, -0.2) is 27.3 Å². The smallest absolute Gasteiger partial charge is 0.419 e. The van der Waals surface area contributed by atoms with Crippen LogP contribution in [0.1, 0.15) is 82.8 Å². The number of hydrogen-bond acceptors (Lipinski definition) is 3. The molecule has 0 bridgehead atoms. The molecular weight excluding hydrogens is 414 g/mol. The average molecular weight is 448 g/mol. The molecule has 1 aliphatic carbocycles. The summed E-state index contributed by atoms with van der Waals surface area (Å²) in [5.41, 5.74) is 4.47. The minimum atomic E-state index is -0.980. The summed E-state index contributed by atoms with van der Waals surface area (Å²) in [6.07, 6.45) is 1.74. The highest BCUT2D eigenvalue weighted by atomic mass is 16.6. The summed E-state index contributed by atoms with van der Waals surface area (Å²) in [7, 11) is 0. The molecule has 0 saturated heterocycles. The fourth-order valence-electron chi connectivity index (χ4n) is 4.77. The lowest BCUT2D eigenvalue weighted by atomic mass is 9.63. The Hall–Kier alpha value is -3.08. The molecule has 0 aliphatic heterocycles. The number of benzene rings is 2. The topological polar surface area (TPSA) is 68.5 Å². The molecule has 0 atom stereocenters. The molecule has 5 heteroatoms. The number of carboxylic acid groups (broad SMARTS) is 1. The van der Waals surface area contributed by atoms with Crippen LogP contribution in [0, 0.1) is 0 Å². The Kier molecular flexibility index (Phi) is 5.23. The fourth-order valence-corrected chi connectivity index (χ4v) is 4.77. The molecule has 0 unspecified atom stereocenters. The predicted molar refractivity (Wildman–Crippen MR) is 131 cm³/mol. The standard InChI is InChI=1S/C28H33NO4/c1-26(2,3)33-25(32)29-22(17-8-10-18(11-9-17)24(30)31)15-19-14-20-21(16-23(19)29)28(6,7)13-12-27(20,4)5/h8-11,14-16H,12-13H2,1-7H3,(H,30,31). The number of carboxylic acids is 1. The van der Waals surface area contributed by atoms with E-state index in [1.807, 2.05) is 26.8 Å². The molecule has 1 aromatic heterocycles. The van der Waals surface area contributed by atoms with Crippen LogP contribution in [0.2, 0.25) is 0 Å². The Morgan fingerprint density at radius 2 is 1.45 bits per heavy atom. The van der Waals surface area contributed by atoms with Gasteiger partial charge in [-0.2, -0.15) is 0 Å². The highest BCUT2D eigenvalue weighted by Crippen LogP contribution is 2.47. The summed E-state index contributed by atoms with van der Waals surface area (Å²) in [5, 5.41) is 10.2. The van der Waals surface area contributed by atoms with Crippen LogP contribution >= 0.6 is 0 Å². The lowest BCUT2D eigenvalue weighted by molar-refractivity contribution is 0.0546. The number of hydrogen-bond donors (Lipinski definition) is 1. The van der Waals surface area contributed by atoms with E-state index in [1.54, 1.807) is 28.8 Å². The van der Waals surface area contributed by atoms with Gasteiger partial charge in [0.05, 0.1) is 16.8 Å². The summed E-state index contributed by atoms with van der Waals surface area (Å²) < 4.78 is 7.41. The highest BCUT2D eigenvalue weighted by molar-refractivity contribution is 5.97. The number of fused-ring (bicyclic) bond motifs is 2. The van der Waals surface area contributed by atoms with Crippen molar-refractivity contribution < 1.29 is 19.4 Å². The monoisotopic (exact) mass is 447 g/mol. The minimum Gasteiger partial charge on any atom is -0.478 e. The maximum Gasteiger partial charge on any atom is 0.419 e. The van der Waals surface area contributed by atoms with Crippen molar-refractivity contribution in [3.8, 4) is 11.3 Å². The molecule has 33 heavy (non-hydrogen) atoms. The largest absolute Gasteiger partial charge is 0.478 e. The van der Waals surface area contributed by atoms with Crippen molar-refractivity contribution in [2.75, 3.05) is 0 Å². The summed E-state index contributed by atoms with van der Waals surface area (Å²) in [6.45, 7) is 14.6. The van der Waals surface area contributed by atoms with Crippen LogP contribution in [0.25, 0.3) is 22.2 Å². The average Bonchev–Trinajstić information content (AvgIpc) is 3.08. The zero-order valence-electron chi connectivity index (χ0n) is 20.6. The van der Waals surface area contributed by atoms with Gasteiger partial charge in [0.25, 0.3) is 0 Å². The van der Waals surface area contributed by atoms with E-state index in [0.717, 1.165) is 29.3 Å². The molecule has 0 fully saturated rings. The van der Waals surface area contributed by atoms with Crippen molar-refractivity contribution in [3.63, 3.8) is 0 Å². The molecule has 1 N–H and O–H groups in total. The highest BCUT2D eigenvalue weighted by Gasteiger charge is 2.38. The predicted octanol–water partition coefficient (Wildman–Crippen LogP) is 7.14. The van der Waals surface area contributed by atoms with Crippen molar-refractivity contribution in [2.24, 2.45) is 0 Å². The van der Waals surface area contributed by atoms with Gasteiger partial charge < -0.3 is 9.84 Å². The number of aromatic carboxylic acids is 1. The van der Waals surface area contributed by atoms with Gasteiger partial charge in [0.2, 0.25) is 0 Å². The van der Waals surface area contributed by atoms with Gasteiger partial charge in [-0.05, 0) is 91.5 Å². The van der Waals surface area contributed by atoms with Gasteiger partial charge in [-0.3, -0.25) is 0 Å². The van der Waals surface area contributed by atoms with Crippen molar-refractivity contribution >= 4 is 23.0 Å². The van der Waals surface area contributed by atoms with E-state index in [9.17, 15) is 14.7 Å². The van der Waals surface area contributed by atoms with Crippen molar-refractivity contribution in [3.05, 3.63) is 59.2 Å². The number of aromatic nitrogens is 1. The van der Waals surface area contributed by atoms with Gasteiger partial charge >= 0.3 is 12.1 Å². The molecule has 174 valence electrons. The number of ether oxygens (including phenoxy) is 1. The van der Waals surface area contributed by atoms with Gasteiger partial charge in [-0.15, -0.1) is 0 Å². The van der Waals surface area contributed by atoms with Crippen LogP contribution in [0.4, 0.5) is 4.79 Å². The maximum absolute atomic E-state index is 13.4. The molecule has 1 heterocycles. The van der Waals surface area contributed by atoms with E-state index < -0.39 is 17.7 Å². The van der Waals surface area contributed by atoms with Crippen molar-refractivity contribution in [2.45, 2.75) is 77.7 Å². The van der Waals surface area contributed by atoms with Crippen molar-refractivity contribution in [1.82, 2.24) is 4.57 Å². The van der Waals surface area contributed by atoms with E-state index in [1.165, 1.54) is 11.1 Å². The second-order valence-corrected chi connectivity index (χ2v) is 11.5. The molecular formula is C28H33NO4. The van der Waals surface area contributed by atoms with Crippen LogP contribution in [0.3, 0.4) is 0 Å². The first-order valence-electron chi connectivity index (χ1n) is 11.5. The Morgan fingerprint density at radius 1 is 0.909 bits per heavy atom. The fraction of sp³-hybridized carbons (Fsp3) is 0.429. The maximum atomic E-state index is 13.4. The van der Waals surface area contributed by atoms with Gasteiger partial charge in [0.15, 0.2) is 0 Å². The molecule has 0 saturated carbocycles. The third-order valence-corrected chi connectivity index (χ3v) is 6.78. The Morgan fingerprint density at radius 3 is 1.97 bits per heavy atom. The molecule has 0 amide bonds. The molecule has 2 aromatic carbocycles. The second kappa shape index (κ2) is 7.47. The molecule has 0 spiro atoms. The van der Waals surface area contributed by atoms with Crippen LogP contribution in [0.15, 0.2) is 42.5 Å². The lowest BCUT2D eigenvalue weighted by Crippen LogP contribution is -2.34. The Balaban J connectivity index is 2.00. The summed E-state index contributed by atoms with van der Waals surface area (Å²) in [5.74, 6) is -0.980. The molecule has 4 rings (SSSR count). The molecule has 0 radical (unpaired) electrons.